The predicted molar refractivity (Wildman–Crippen MR) is 126 cm³/mol. The van der Waals surface area contributed by atoms with Crippen molar-refractivity contribution in [3.63, 3.8) is 0 Å². The lowest BCUT2D eigenvalue weighted by molar-refractivity contribution is -0.137. The summed E-state index contributed by atoms with van der Waals surface area (Å²) in [7, 11) is 3.44. The molecule has 5 rings (SSSR count). The van der Waals surface area contributed by atoms with E-state index in [-0.39, 0.29) is 24.2 Å². The van der Waals surface area contributed by atoms with Gasteiger partial charge in [0.05, 0.1) is 22.6 Å². The molecule has 9 nitrogen and oxygen atoms in total. The van der Waals surface area contributed by atoms with E-state index in [0.29, 0.717) is 59.2 Å². The van der Waals surface area contributed by atoms with E-state index in [9.17, 15) is 14.7 Å². The number of amides is 1. The van der Waals surface area contributed by atoms with Crippen LogP contribution in [-0.2, 0) is 23.2 Å². The number of anilines is 1. The van der Waals surface area contributed by atoms with Crippen molar-refractivity contribution in [3.05, 3.63) is 42.3 Å². The highest BCUT2D eigenvalue weighted by Gasteiger charge is 2.28. The summed E-state index contributed by atoms with van der Waals surface area (Å²) in [6, 6.07) is 8.65. The van der Waals surface area contributed by atoms with Crippen LogP contribution in [0.2, 0.25) is 0 Å². The van der Waals surface area contributed by atoms with Gasteiger partial charge in [-0.15, -0.1) is 0 Å². The number of hydrogen-bond donors (Lipinski definition) is 2. The molecular weight excluding hydrogens is 439 g/mol. The van der Waals surface area contributed by atoms with E-state index in [4.69, 9.17) is 0 Å². The molecule has 3 heterocycles. The van der Waals surface area contributed by atoms with Gasteiger partial charge in [0.2, 0.25) is 5.91 Å². The van der Waals surface area contributed by atoms with Crippen LogP contribution >= 0.6 is 0 Å². The molecule has 0 unspecified atom stereocenters. The third-order valence-corrected chi connectivity index (χ3v) is 6.58. The first-order chi connectivity index (χ1) is 16.4. The lowest BCUT2D eigenvalue weighted by Gasteiger charge is -2.31. The van der Waals surface area contributed by atoms with E-state index in [1.165, 1.54) is 10.7 Å². The summed E-state index contributed by atoms with van der Waals surface area (Å²) in [5.74, 6) is -0.844. The fourth-order valence-corrected chi connectivity index (χ4v) is 4.84. The zero-order valence-electron chi connectivity index (χ0n) is 19.0. The van der Waals surface area contributed by atoms with Crippen LogP contribution in [0, 0.1) is 11.7 Å². The van der Waals surface area contributed by atoms with Crippen molar-refractivity contribution in [1.82, 2.24) is 24.9 Å². The number of hydrogen-bond acceptors (Lipinski definition) is 5. The average molecular weight is 465 g/mol. The zero-order chi connectivity index (χ0) is 24.0. The Balaban J connectivity index is 1.66. The predicted octanol–water partition coefficient (Wildman–Crippen LogP) is 2.78. The van der Waals surface area contributed by atoms with E-state index in [2.05, 4.69) is 20.4 Å². The topological polar surface area (TPSA) is 105 Å². The van der Waals surface area contributed by atoms with Gasteiger partial charge in [0.1, 0.15) is 12.4 Å². The SMILES string of the molecule is CNC(=O)C1CCN(c2nn(CC(=O)O)c3cccc(-c4cc5c(cnn5C)cc4F)c23)CC1. The van der Waals surface area contributed by atoms with Gasteiger partial charge in [-0.05, 0) is 36.6 Å². The van der Waals surface area contributed by atoms with Gasteiger partial charge in [-0.1, -0.05) is 12.1 Å². The molecule has 1 aliphatic heterocycles. The summed E-state index contributed by atoms with van der Waals surface area (Å²) in [6.45, 7) is 0.877. The number of halogens is 1. The fraction of sp³-hybridized carbons (Fsp3) is 0.333. The second kappa shape index (κ2) is 8.44. The Labute approximate surface area is 194 Å². The number of aromatic nitrogens is 4. The van der Waals surface area contributed by atoms with E-state index >= 15 is 4.39 Å². The molecule has 0 atom stereocenters. The number of rotatable bonds is 5. The number of carbonyl (C=O) groups is 2. The Bertz CT molecular complexity index is 1420. The highest BCUT2D eigenvalue weighted by molar-refractivity contribution is 6.04. The summed E-state index contributed by atoms with van der Waals surface area (Å²) in [5.41, 5.74) is 2.45. The van der Waals surface area contributed by atoms with Gasteiger partial charge in [-0.2, -0.15) is 10.2 Å². The van der Waals surface area contributed by atoms with Crippen LogP contribution in [-0.4, -0.2) is 56.7 Å². The molecule has 0 saturated carbocycles. The Morgan fingerprint density at radius 3 is 2.65 bits per heavy atom. The molecule has 0 aliphatic carbocycles. The smallest absolute Gasteiger partial charge is 0.325 e. The molecular formula is C24H25FN6O3. The minimum absolute atomic E-state index is 0.0214. The van der Waals surface area contributed by atoms with Gasteiger partial charge in [0, 0.05) is 44.1 Å². The van der Waals surface area contributed by atoms with Crippen molar-refractivity contribution in [2.75, 3.05) is 25.0 Å². The van der Waals surface area contributed by atoms with Crippen LogP contribution in [0.5, 0.6) is 0 Å². The van der Waals surface area contributed by atoms with Crippen molar-refractivity contribution in [2.24, 2.45) is 13.0 Å². The monoisotopic (exact) mass is 464 g/mol. The summed E-state index contributed by atoms with van der Waals surface area (Å²) in [5, 5.41) is 22.4. The molecule has 2 aromatic heterocycles. The largest absolute Gasteiger partial charge is 0.480 e. The molecule has 10 heteroatoms. The van der Waals surface area contributed by atoms with Crippen LogP contribution < -0.4 is 10.2 Å². The normalized spacial score (nSPS) is 14.7. The number of benzene rings is 2. The Morgan fingerprint density at radius 2 is 1.94 bits per heavy atom. The van der Waals surface area contributed by atoms with E-state index in [1.54, 1.807) is 43.2 Å². The van der Waals surface area contributed by atoms with E-state index in [1.807, 2.05) is 6.07 Å². The molecule has 0 radical (unpaired) electrons. The van der Waals surface area contributed by atoms with Crippen molar-refractivity contribution >= 4 is 39.5 Å². The summed E-state index contributed by atoms with van der Waals surface area (Å²) in [4.78, 5) is 25.7. The second-order valence-corrected chi connectivity index (χ2v) is 8.61. The molecule has 0 bridgehead atoms. The molecule has 4 aromatic rings. The standard InChI is InChI=1S/C24H25FN6O3/c1-26-24(34)14-6-8-30(9-7-14)23-22-16(4-3-5-19(22)31(28-23)13-21(32)33)17-11-20-15(10-18(17)25)12-27-29(20)2/h3-5,10-12,14H,6-9,13H2,1-2H3,(H,26,34)(H,32,33). The first-order valence-electron chi connectivity index (χ1n) is 11.2. The van der Waals surface area contributed by atoms with Crippen LogP contribution in [0.4, 0.5) is 10.2 Å². The molecule has 1 saturated heterocycles. The number of aryl methyl sites for hydroxylation is 1. The molecule has 1 aliphatic rings. The number of carboxylic acids is 1. The third-order valence-electron chi connectivity index (χ3n) is 6.58. The molecule has 1 fully saturated rings. The zero-order valence-corrected chi connectivity index (χ0v) is 19.0. The molecule has 2 aromatic carbocycles. The van der Waals surface area contributed by atoms with E-state index < -0.39 is 5.97 Å². The molecule has 0 spiro atoms. The Hall–Kier alpha value is -3.95. The molecule has 2 N–H and O–H groups in total. The average Bonchev–Trinajstić information content (AvgIpc) is 3.38. The van der Waals surface area contributed by atoms with Crippen molar-refractivity contribution in [3.8, 4) is 11.1 Å². The summed E-state index contributed by atoms with van der Waals surface area (Å²) in [6.07, 6.45) is 2.94. The number of piperidine rings is 1. The van der Waals surface area contributed by atoms with Gasteiger partial charge in [0.25, 0.3) is 0 Å². The van der Waals surface area contributed by atoms with Gasteiger partial charge < -0.3 is 15.3 Å². The molecule has 34 heavy (non-hydrogen) atoms. The minimum atomic E-state index is -1.01. The number of aliphatic carboxylic acids is 1. The highest BCUT2D eigenvalue weighted by Crippen LogP contribution is 2.39. The number of nitrogens with zero attached hydrogens (tertiary/aromatic N) is 5. The maximum atomic E-state index is 15.3. The van der Waals surface area contributed by atoms with Crippen LogP contribution in [0.1, 0.15) is 12.8 Å². The van der Waals surface area contributed by atoms with Crippen molar-refractivity contribution in [1.29, 1.82) is 0 Å². The first kappa shape index (κ1) is 21.9. The number of nitrogens with one attached hydrogen (secondary N) is 1. The maximum absolute atomic E-state index is 15.3. The van der Waals surface area contributed by atoms with Gasteiger partial charge in [-0.3, -0.25) is 19.0 Å². The fourth-order valence-electron chi connectivity index (χ4n) is 4.84. The van der Waals surface area contributed by atoms with Crippen molar-refractivity contribution in [2.45, 2.75) is 19.4 Å². The number of fused-ring (bicyclic) bond motifs is 2. The van der Waals surface area contributed by atoms with Gasteiger partial charge in [-0.25, -0.2) is 4.39 Å². The van der Waals surface area contributed by atoms with Gasteiger partial charge >= 0.3 is 5.97 Å². The molecule has 176 valence electrons. The van der Waals surface area contributed by atoms with Crippen LogP contribution in [0.3, 0.4) is 0 Å². The van der Waals surface area contributed by atoms with Crippen LogP contribution in [0.15, 0.2) is 36.5 Å². The summed E-state index contributed by atoms with van der Waals surface area (Å²) >= 11 is 0. The van der Waals surface area contributed by atoms with Crippen LogP contribution in [0.25, 0.3) is 32.9 Å². The quantitative estimate of drug-likeness (QED) is 0.471. The van der Waals surface area contributed by atoms with E-state index in [0.717, 1.165) is 5.52 Å². The summed E-state index contributed by atoms with van der Waals surface area (Å²) < 4.78 is 18.4. The highest BCUT2D eigenvalue weighted by atomic mass is 19.1. The molecule has 1 amide bonds. The maximum Gasteiger partial charge on any atom is 0.325 e. The lowest BCUT2D eigenvalue weighted by atomic mass is 9.95. The minimum Gasteiger partial charge on any atom is -0.480 e. The number of carboxylic acid groups (broad SMARTS) is 1. The van der Waals surface area contributed by atoms with Crippen molar-refractivity contribution < 1.29 is 19.1 Å². The number of carbonyl (C=O) groups excluding carboxylic acids is 1. The lowest BCUT2D eigenvalue weighted by Crippen LogP contribution is -2.39. The second-order valence-electron chi connectivity index (χ2n) is 8.61. The Kier molecular flexibility index (Phi) is 5.43. The first-order valence-corrected chi connectivity index (χ1v) is 11.2. The Morgan fingerprint density at radius 1 is 1.18 bits per heavy atom. The third kappa shape index (κ3) is 3.64. The van der Waals surface area contributed by atoms with Gasteiger partial charge in [0.15, 0.2) is 5.82 Å².